The first-order valence-corrected chi connectivity index (χ1v) is 8.61. The number of ether oxygens (including phenoxy) is 1. The smallest absolute Gasteiger partial charge is 0.350 e. The Bertz CT molecular complexity index is 768. The minimum atomic E-state index is -0.627. The number of carbonyl (C=O) groups excluding carboxylic acids is 1. The van der Waals surface area contributed by atoms with E-state index in [2.05, 4.69) is 47.3 Å². The topological polar surface area (TPSA) is 74.2 Å². The lowest BCUT2D eigenvalue weighted by Gasteiger charge is -2.11. The highest BCUT2D eigenvalue weighted by Crippen LogP contribution is 2.20. The highest BCUT2D eigenvalue weighted by molar-refractivity contribution is 5.92. The van der Waals surface area contributed by atoms with Gasteiger partial charge in [0, 0.05) is 12.7 Å². The van der Waals surface area contributed by atoms with Crippen LogP contribution in [0.5, 0.6) is 0 Å². The first kappa shape index (κ1) is 19.2. The number of nitriles is 1. The summed E-state index contributed by atoms with van der Waals surface area (Å²) in [6.45, 7) is 2.60. The number of hydrogen-bond acceptors (Lipinski definition) is 5. The molecule has 0 unspecified atom stereocenters. The molecule has 0 heterocycles. The van der Waals surface area contributed by atoms with Crippen molar-refractivity contribution in [1.29, 1.82) is 5.26 Å². The van der Waals surface area contributed by atoms with Crippen molar-refractivity contribution in [3.05, 3.63) is 77.0 Å². The van der Waals surface area contributed by atoms with Crippen molar-refractivity contribution in [3.63, 3.8) is 0 Å². The number of benzene rings is 1. The second-order valence-corrected chi connectivity index (χ2v) is 5.67. The molecular formula is C21H23N3O2. The van der Waals surface area contributed by atoms with E-state index >= 15 is 0 Å². The van der Waals surface area contributed by atoms with Crippen LogP contribution in [-0.4, -0.2) is 19.1 Å². The van der Waals surface area contributed by atoms with Gasteiger partial charge in [-0.05, 0) is 36.5 Å². The molecule has 0 aliphatic heterocycles. The number of rotatable bonds is 8. The van der Waals surface area contributed by atoms with Gasteiger partial charge < -0.3 is 10.2 Å². The van der Waals surface area contributed by atoms with Gasteiger partial charge in [0.05, 0.1) is 6.61 Å². The van der Waals surface area contributed by atoms with Gasteiger partial charge in [0.2, 0.25) is 0 Å². The SMILES string of the molecule is CCOC(=O)C(C#N)=CNNCCC1=CC(=Cc2ccccc2)CC=C1. The molecule has 134 valence electrons. The van der Waals surface area contributed by atoms with Gasteiger partial charge in [-0.15, -0.1) is 0 Å². The molecule has 0 saturated carbocycles. The van der Waals surface area contributed by atoms with Gasteiger partial charge in [-0.25, -0.2) is 10.2 Å². The van der Waals surface area contributed by atoms with E-state index in [0.29, 0.717) is 6.54 Å². The Morgan fingerprint density at radius 2 is 2.15 bits per heavy atom. The minimum absolute atomic E-state index is 0.0655. The van der Waals surface area contributed by atoms with Crippen LogP contribution in [0.3, 0.4) is 0 Å². The summed E-state index contributed by atoms with van der Waals surface area (Å²) in [6, 6.07) is 12.1. The second kappa shape index (κ2) is 10.7. The van der Waals surface area contributed by atoms with E-state index in [-0.39, 0.29) is 12.2 Å². The zero-order valence-corrected chi connectivity index (χ0v) is 14.9. The third kappa shape index (κ3) is 6.42. The van der Waals surface area contributed by atoms with E-state index in [1.807, 2.05) is 24.3 Å². The normalized spacial score (nSPS) is 15.3. The third-order valence-corrected chi connectivity index (χ3v) is 3.68. The number of esters is 1. The summed E-state index contributed by atoms with van der Waals surface area (Å²) in [7, 11) is 0. The monoisotopic (exact) mass is 349 g/mol. The summed E-state index contributed by atoms with van der Waals surface area (Å²) in [5, 5.41) is 8.92. The van der Waals surface area contributed by atoms with E-state index in [1.165, 1.54) is 22.9 Å². The molecule has 0 atom stereocenters. The Morgan fingerprint density at radius 1 is 1.35 bits per heavy atom. The Kier molecular flexibility index (Phi) is 7.91. The number of allylic oxidation sites excluding steroid dienone is 4. The van der Waals surface area contributed by atoms with Crippen LogP contribution in [0.2, 0.25) is 0 Å². The van der Waals surface area contributed by atoms with E-state index < -0.39 is 5.97 Å². The zero-order chi connectivity index (χ0) is 18.6. The molecule has 0 aromatic heterocycles. The Hall–Kier alpha value is -3.10. The van der Waals surface area contributed by atoms with E-state index in [1.54, 1.807) is 6.92 Å². The van der Waals surface area contributed by atoms with Gasteiger partial charge >= 0.3 is 5.97 Å². The Balaban J connectivity index is 1.82. The molecule has 0 bridgehead atoms. The minimum Gasteiger partial charge on any atom is -0.462 e. The van der Waals surface area contributed by atoms with Gasteiger partial charge in [-0.1, -0.05) is 54.6 Å². The van der Waals surface area contributed by atoms with Crippen LogP contribution in [0.15, 0.2) is 71.5 Å². The highest BCUT2D eigenvalue weighted by Gasteiger charge is 2.08. The van der Waals surface area contributed by atoms with E-state index in [9.17, 15) is 4.79 Å². The molecule has 2 N–H and O–H groups in total. The molecule has 5 nitrogen and oxygen atoms in total. The third-order valence-electron chi connectivity index (χ3n) is 3.68. The standard InChI is InChI=1S/C21H23N3O2/c1-2-26-21(25)20(15-22)16-24-23-12-11-18-9-6-10-19(14-18)13-17-7-4-3-5-8-17/h3-9,13-14,16,23-24H,2,10-12H2,1H3. The first-order chi connectivity index (χ1) is 12.7. The molecular weight excluding hydrogens is 326 g/mol. The second-order valence-electron chi connectivity index (χ2n) is 5.67. The van der Waals surface area contributed by atoms with E-state index in [0.717, 1.165) is 12.8 Å². The maximum Gasteiger partial charge on any atom is 0.350 e. The van der Waals surface area contributed by atoms with Gasteiger partial charge in [0.15, 0.2) is 5.57 Å². The van der Waals surface area contributed by atoms with Crippen LogP contribution in [0, 0.1) is 11.3 Å². The molecule has 1 aliphatic rings. The van der Waals surface area contributed by atoms with Crippen molar-refractivity contribution in [2.24, 2.45) is 0 Å². The molecule has 5 heteroatoms. The fourth-order valence-electron chi connectivity index (χ4n) is 2.46. The van der Waals surface area contributed by atoms with Crippen molar-refractivity contribution in [3.8, 4) is 6.07 Å². The Labute approximate surface area is 154 Å². The summed E-state index contributed by atoms with van der Waals surface area (Å²) >= 11 is 0. The number of nitrogens with one attached hydrogen (secondary N) is 2. The number of hydrazine groups is 1. The lowest BCUT2D eigenvalue weighted by Crippen LogP contribution is -2.29. The van der Waals surface area contributed by atoms with Gasteiger partial charge in [-0.3, -0.25) is 0 Å². The van der Waals surface area contributed by atoms with Gasteiger partial charge in [-0.2, -0.15) is 5.26 Å². The molecule has 0 saturated heterocycles. The maximum atomic E-state index is 11.5. The highest BCUT2D eigenvalue weighted by atomic mass is 16.5. The van der Waals surface area contributed by atoms with Crippen LogP contribution in [0.1, 0.15) is 25.3 Å². The van der Waals surface area contributed by atoms with Crippen molar-refractivity contribution in [2.45, 2.75) is 19.8 Å². The molecule has 1 aromatic carbocycles. The molecule has 1 aliphatic carbocycles. The largest absolute Gasteiger partial charge is 0.462 e. The molecule has 0 spiro atoms. The summed E-state index contributed by atoms with van der Waals surface area (Å²) in [6.07, 6.45) is 11.7. The lowest BCUT2D eigenvalue weighted by atomic mass is 9.98. The molecule has 0 fully saturated rings. The fraction of sp³-hybridized carbons (Fsp3) is 0.238. The predicted molar refractivity (Wildman–Crippen MR) is 102 cm³/mol. The van der Waals surface area contributed by atoms with Crippen LogP contribution >= 0.6 is 0 Å². The van der Waals surface area contributed by atoms with Crippen molar-refractivity contribution in [1.82, 2.24) is 10.9 Å². The molecule has 1 aromatic rings. The summed E-state index contributed by atoms with van der Waals surface area (Å²) in [5.41, 5.74) is 9.37. The maximum absolute atomic E-state index is 11.5. The quantitative estimate of drug-likeness (QED) is 0.247. The molecule has 0 radical (unpaired) electrons. The van der Waals surface area contributed by atoms with Crippen molar-refractivity contribution in [2.75, 3.05) is 13.2 Å². The van der Waals surface area contributed by atoms with Gasteiger partial charge in [0.25, 0.3) is 0 Å². The number of hydrogen-bond donors (Lipinski definition) is 2. The average Bonchev–Trinajstić information content (AvgIpc) is 2.66. The summed E-state index contributed by atoms with van der Waals surface area (Å²) in [5.74, 6) is -0.627. The van der Waals surface area contributed by atoms with Gasteiger partial charge in [0.1, 0.15) is 6.07 Å². The number of carbonyl (C=O) groups is 1. The lowest BCUT2D eigenvalue weighted by molar-refractivity contribution is -0.138. The molecule has 2 rings (SSSR count). The average molecular weight is 349 g/mol. The molecule has 26 heavy (non-hydrogen) atoms. The summed E-state index contributed by atoms with van der Waals surface area (Å²) in [4.78, 5) is 11.5. The predicted octanol–water partition coefficient (Wildman–Crippen LogP) is 3.41. The van der Waals surface area contributed by atoms with E-state index in [4.69, 9.17) is 10.00 Å². The van der Waals surface area contributed by atoms with Crippen LogP contribution in [0.4, 0.5) is 0 Å². The Morgan fingerprint density at radius 3 is 2.88 bits per heavy atom. The van der Waals surface area contributed by atoms with Crippen molar-refractivity contribution >= 4 is 12.0 Å². The van der Waals surface area contributed by atoms with Crippen LogP contribution < -0.4 is 10.9 Å². The number of nitrogens with zero attached hydrogens (tertiary/aromatic N) is 1. The fourth-order valence-corrected chi connectivity index (χ4v) is 2.46. The molecule has 0 amide bonds. The van der Waals surface area contributed by atoms with Crippen LogP contribution in [0.25, 0.3) is 6.08 Å². The first-order valence-electron chi connectivity index (χ1n) is 8.61. The zero-order valence-electron chi connectivity index (χ0n) is 14.9. The summed E-state index contributed by atoms with van der Waals surface area (Å²) < 4.78 is 4.79. The van der Waals surface area contributed by atoms with Crippen molar-refractivity contribution < 1.29 is 9.53 Å². The van der Waals surface area contributed by atoms with Crippen LogP contribution in [-0.2, 0) is 9.53 Å².